The minimum absolute atomic E-state index is 0.0301. The van der Waals surface area contributed by atoms with Gasteiger partial charge in [0, 0.05) is 0 Å². The highest BCUT2D eigenvalue weighted by Crippen LogP contribution is 2.75. The summed E-state index contributed by atoms with van der Waals surface area (Å²) in [6, 6.07) is 0. The van der Waals surface area contributed by atoms with E-state index in [1.165, 1.54) is 18.4 Å². The summed E-state index contributed by atoms with van der Waals surface area (Å²) in [4.78, 5) is 12.8. The Morgan fingerprint density at radius 2 is 1.55 bits per heavy atom. The van der Waals surface area contributed by atoms with Crippen LogP contribution in [0.1, 0.15) is 113 Å². The molecule has 0 aliphatic heterocycles. The van der Waals surface area contributed by atoms with Crippen LogP contribution < -0.4 is 0 Å². The zero-order chi connectivity index (χ0) is 24.2. The molecular weight excluding hydrogens is 408 g/mol. The standard InChI is InChI=1S/C30H48O3/c1-25(2)14-16-30(24(32)33)17-15-28(6)19(20(30)18-25)8-9-22-27(5)12-11-23(31)26(3,4)21(27)10-13-29(22,28)7/h8,20-23,31H,9-18H2,1-7H3,(H,32,33)/t20-,21+,22-,23-,27-,28+,29+,30-/m0/s1. The molecule has 0 aromatic carbocycles. The maximum atomic E-state index is 12.8. The Bertz CT molecular complexity index is 885. The molecular formula is C30H48O3. The maximum absolute atomic E-state index is 12.8. The topological polar surface area (TPSA) is 57.5 Å². The molecule has 186 valence electrons. The van der Waals surface area contributed by atoms with Gasteiger partial charge in [-0.15, -0.1) is 0 Å². The Labute approximate surface area is 201 Å². The van der Waals surface area contributed by atoms with E-state index >= 15 is 0 Å². The third-order valence-electron chi connectivity index (χ3n) is 13.0. The summed E-state index contributed by atoms with van der Waals surface area (Å²) in [5.41, 5.74) is 1.68. The van der Waals surface area contributed by atoms with E-state index in [1.807, 2.05) is 0 Å². The van der Waals surface area contributed by atoms with Crippen molar-refractivity contribution in [2.45, 2.75) is 119 Å². The fourth-order valence-electron chi connectivity index (χ4n) is 10.6. The number of fused-ring (bicyclic) bond motifs is 7. The summed E-state index contributed by atoms with van der Waals surface area (Å²) in [5.74, 6) is 0.807. The monoisotopic (exact) mass is 456 g/mol. The minimum atomic E-state index is -0.553. The van der Waals surface area contributed by atoms with Gasteiger partial charge in [0.15, 0.2) is 0 Å². The van der Waals surface area contributed by atoms with Gasteiger partial charge < -0.3 is 10.2 Å². The maximum Gasteiger partial charge on any atom is 0.310 e. The van der Waals surface area contributed by atoms with E-state index in [0.29, 0.717) is 11.8 Å². The van der Waals surface area contributed by atoms with Gasteiger partial charge >= 0.3 is 5.97 Å². The summed E-state index contributed by atoms with van der Waals surface area (Å²) in [6.07, 6.45) is 12.6. The van der Waals surface area contributed by atoms with Gasteiger partial charge in [0.25, 0.3) is 0 Å². The molecule has 0 radical (unpaired) electrons. The molecule has 0 unspecified atom stereocenters. The molecule has 8 atom stereocenters. The normalized spacial score (nSPS) is 52.4. The highest BCUT2D eigenvalue weighted by Gasteiger charge is 2.69. The quantitative estimate of drug-likeness (QED) is 0.409. The van der Waals surface area contributed by atoms with Crippen molar-refractivity contribution in [2.24, 2.45) is 50.2 Å². The van der Waals surface area contributed by atoms with Gasteiger partial charge in [-0.1, -0.05) is 60.1 Å². The number of aliphatic hydroxyl groups excluding tert-OH is 1. The molecule has 0 spiro atoms. The average Bonchev–Trinajstić information content (AvgIpc) is 2.71. The van der Waals surface area contributed by atoms with Crippen molar-refractivity contribution in [3.05, 3.63) is 11.6 Å². The van der Waals surface area contributed by atoms with Crippen LogP contribution in [-0.4, -0.2) is 22.3 Å². The van der Waals surface area contributed by atoms with Crippen LogP contribution in [0.2, 0.25) is 0 Å². The number of aliphatic hydroxyl groups is 1. The number of rotatable bonds is 1. The highest BCUT2D eigenvalue weighted by molar-refractivity contribution is 5.76. The number of hydrogen-bond acceptors (Lipinski definition) is 2. The van der Waals surface area contributed by atoms with Crippen molar-refractivity contribution in [2.75, 3.05) is 0 Å². The lowest BCUT2D eigenvalue weighted by molar-refractivity contribution is -0.205. The lowest BCUT2D eigenvalue weighted by Gasteiger charge is -2.71. The molecule has 0 bridgehead atoms. The number of carboxylic acids is 1. The molecule has 0 saturated heterocycles. The second kappa shape index (κ2) is 6.89. The van der Waals surface area contributed by atoms with Gasteiger partial charge in [-0.25, -0.2) is 0 Å². The molecule has 4 saturated carbocycles. The van der Waals surface area contributed by atoms with Crippen molar-refractivity contribution in [1.82, 2.24) is 0 Å². The number of allylic oxidation sites excluding steroid dienone is 2. The van der Waals surface area contributed by atoms with Crippen LogP contribution in [0.5, 0.6) is 0 Å². The summed E-state index contributed by atoms with van der Waals surface area (Å²) in [6.45, 7) is 16.9. The Morgan fingerprint density at radius 1 is 0.879 bits per heavy atom. The summed E-state index contributed by atoms with van der Waals surface area (Å²) < 4.78 is 0. The van der Waals surface area contributed by atoms with Crippen LogP contribution in [0.3, 0.4) is 0 Å². The minimum Gasteiger partial charge on any atom is -0.481 e. The van der Waals surface area contributed by atoms with Gasteiger partial charge in [-0.05, 0) is 109 Å². The summed E-state index contributed by atoms with van der Waals surface area (Å²) in [7, 11) is 0. The number of carbonyl (C=O) groups is 1. The Morgan fingerprint density at radius 3 is 2.21 bits per heavy atom. The lowest BCUT2D eigenvalue weighted by atomic mass is 9.33. The molecule has 0 amide bonds. The van der Waals surface area contributed by atoms with Gasteiger partial charge in [-0.2, -0.15) is 0 Å². The smallest absolute Gasteiger partial charge is 0.310 e. The molecule has 5 rings (SSSR count). The fraction of sp³-hybridized carbons (Fsp3) is 0.900. The first-order valence-electron chi connectivity index (χ1n) is 13.8. The summed E-state index contributed by atoms with van der Waals surface area (Å²) >= 11 is 0. The first kappa shape index (κ1) is 23.9. The third kappa shape index (κ3) is 2.87. The van der Waals surface area contributed by atoms with E-state index in [4.69, 9.17) is 0 Å². The SMILES string of the molecule is CC1(C)CC[C@]2(C(=O)O)CC[C@]3(C)C(=CC[C@H]4[C@@]5(C)CC[C@H](O)C(C)(C)[C@H]5CC[C@]43C)[C@@H]2C1. The van der Waals surface area contributed by atoms with Crippen molar-refractivity contribution in [1.29, 1.82) is 0 Å². The van der Waals surface area contributed by atoms with Gasteiger partial charge in [0.2, 0.25) is 0 Å². The molecule has 2 N–H and O–H groups in total. The van der Waals surface area contributed by atoms with E-state index in [9.17, 15) is 15.0 Å². The Kier molecular flexibility index (Phi) is 4.99. The van der Waals surface area contributed by atoms with Crippen LogP contribution in [0.25, 0.3) is 0 Å². The zero-order valence-corrected chi connectivity index (χ0v) is 22.3. The first-order chi connectivity index (χ1) is 15.1. The highest BCUT2D eigenvalue weighted by atomic mass is 16.4. The van der Waals surface area contributed by atoms with E-state index in [-0.39, 0.29) is 39.1 Å². The molecule has 5 aliphatic carbocycles. The number of carboxylic acid groups (broad SMARTS) is 1. The van der Waals surface area contributed by atoms with E-state index in [2.05, 4.69) is 54.5 Å². The second-order valence-electron chi connectivity index (χ2n) is 15.1. The predicted octanol–water partition coefficient (Wildman–Crippen LogP) is 7.23. The van der Waals surface area contributed by atoms with Crippen LogP contribution in [0.15, 0.2) is 11.6 Å². The number of aliphatic carboxylic acids is 1. The van der Waals surface area contributed by atoms with Gasteiger partial charge in [0.05, 0.1) is 11.5 Å². The van der Waals surface area contributed by atoms with Crippen LogP contribution >= 0.6 is 0 Å². The predicted molar refractivity (Wildman–Crippen MR) is 133 cm³/mol. The van der Waals surface area contributed by atoms with Crippen molar-refractivity contribution in [3.63, 3.8) is 0 Å². The Hall–Kier alpha value is -0.830. The molecule has 3 nitrogen and oxygen atoms in total. The zero-order valence-electron chi connectivity index (χ0n) is 22.3. The van der Waals surface area contributed by atoms with Crippen molar-refractivity contribution >= 4 is 5.97 Å². The van der Waals surface area contributed by atoms with Gasteiger partial charge in [-0.3, -0.25) is 4.79 Å². The largest absolute Gasteiger partial charge is 0.481 e. The number of hydrogen-bond donors (Lipinski definition) is 2. The second-order valence-corrected chi connectivity index (χ2v) is 15.1. The van der Waals surface area contributed by atoms with Crippen LogP contribution in [-0.2, 0) is 4.79 Å². The molecule has 0 aromatic rings. The van der Waals surface area contributed by atoms with E-state index in [1.54, 1.807) is 0 Å². The third-order valence-corrected chi connectivity index (χ3v) is 13.0. The molecule has 0 heterocycles. The molecule has 0 aromatic heterocycles. The fourth-order valence-corrected chi connectivity index (χ4v) is 10.6. The summed E-state index contributed by atoms with van der Waals surface area (Å²) in [5, 5.41) is 21.4. The molecule has 33 heavy (non-hydrogen) atoms. The van der Waals surface area contributed by atoms with E-state index < -0.39 is 11.4 Å². The average molecular weight is 457 g/mol. The van der Waals surface area contributed by atoms with Crippen LogP contribution in [0.4, 0.5) is 0 Å². The molecule has 3 heteroatoms. The van der Waals surface area contributed by atoms with Crippen molar-refractivity contribution in [3.8, 4) is 0 Å². The van der Waals surface area contributed by atoms with E-state index in [0.717, 1.165) is 51.4 Å². The van der Waals surface area contributed by atoms with Crippen LogP contribution in [0, 0.1) is 50.2 Å². The van der Waals surface area contributed by atoms with Gasteiger partial charge in [0.1, 0.15) is 0 Å². The first-order valence-corrected chi connectivity index (χ1v) is 13.8. The lowest BCUT2D eigenvalue weighted by Crippen LogP contribution is -2.65. The molecule has 4 fully saturated rings. The molecule has 5 aliphatic rings. The van der Waals surface area contributed by atoms with Crippen molar-refractivity contribution < 1.29 is 15.0 Å². The Balaban J connectivity index is 1.60.